The van der Waals surface area contributed by atoms with E-state index in [-0.39, 0.29) is 38.8 Å². The highest BCUT2D eigenvalue weighted by atomic mass is 35.5. The van der Waals surface area contributed by atoms with E-state index in [4.69, 9.17) is 33.7 Å². The summed E-state index contributed by atoms with van der Waals surface area (Å²) in [5.74, 6) is -1.22. The number of halogens is 3. The van der Waals surface area contributed by atoms with Crippen molar-refractivity contribution in [2.24, 2.45) is 0 Å². The Labute approximate surface area is 247 Å². The van der Waals surface area contributed by atoms with Crippen LogP contribution in [0.4, 0.5) is 15.9 Å². The number of amides is 2. The van der Waals surface area contributed by atoms with Gasteiger partial charge in [0.1, 0.15) is 11.9 Å². The van der Waals surface area contributed by atoms with Crippen LogP contribution in [0.1, 0.15) is 65.1 Å². The minimum atomic E-state index is -0.802. The Morgan fingerprint density at radius 1 is 1.05 bits per heavy atom. The van der Waals surface area contributed by atoms with Crippen LogP contribution >= 0.6 is 23.2 Å². The number of carbonyl (C=O) groups excluding carboxylic acids is 2. The van der Waals surface area contributed by atoms with Crippen LogP contribution in [0.25, 0.3) is 0 Å². The molecule has 2 fully saturated rings. The molecule has 41 heavy (non-hydrogen) atoms. The Balaban J connectivity index is 1.20. The predicted octanol–water partition coefficient (Wildman–Crippen LogP) is 5.60. The molecule has 3 aromatic rings. The summed E-state index contributed by atoms with van der Waals surface area (Å²) in [5.41, 5.74) is 7.14. The summed E-state index contributed by atoms with van der Waals surface area (Å²) in [5, 5.41) is 10.5. The van der Waals surface area contributed by atoms with Gasteiger partial charge in [0, 0.05) is 47.0 Å². The summed E-state index contributed by atoms with van der Waals surface area (Å²) >= 11 is 12.3. The molecule has 3 heterocycles. The molecule has 1 unspecified atom stereocenters. The van der Waals surface area contributed by atoms with Crippen molar-refractivity contribution >= 4 is 46.5 Å². The molecule has 2 saturated heterocycles. The number of anilines is 2. The minimum absolute atomic E-state index is 0.0124. The Hall–Kier alpha value is -3.47. The lowest BCUT2D eigenvalue weighted by atomic mass is 10.0. The number of nitrogen functional groups attached to an aromatic ring is 1. The molecule has 5 rings (SSSR count). The first-order valence-corrected chi connectivity index (χ1v) is 14.3. The number of nitrogens with one attached hydrogen (secondary N) is 1. The molecule has 1 atom stereocenters. The van der Waals surface area contributed by atoms with Crippen LogP contribution in [0.15, 0.2) is 42.5 Å². The summed E-state index contributed by atoms with van der Waals surface area (Å²) in [4.78, 5) is 30.4. The van der Waals surface area contributed by atoms with Crippen molar-refractivity contribution in [3.63, 3.8) is 0 Å². The molecule has 3 N–H and O–H groups in total. The summed E-state index contributed by atoms with van der Waals surface area (Å²) in [7, 11) is 0. The largest absolute Gasteiger partial charge is 0.482 e. The fraction of sp³-hybridized carbons (Fsp3) is 0.379. The molecule has 2 aliphatic heterocycles. The molecule has 0 spiro atoms. The molecule has 2 amide bonds. The lowest BCUT2D eigenvalue weighted by molar-refractivity contribution is 0.0644. The normalized spacial score (nSPS) is 16.9. The number of likely N-dealkylation sites (tertiary alicyclic amines) is 2. The van der Waals surface area contributed by atoms with Gasteiger partial charge in [0.25, 0.3) is 11.8 Å². The van der Waals surface area contributed by atoms with Gasteiger partial charge in [0.15, 0.2) is 17.3 Å². The van der Waals surface area contributed by atoms with Gasteiger partial charge in [-0.25, -0.2) is 4.39 Å². The zero-order valence-corrected chi connectivity index (χ0v) is 24.1. The first kappa shape index (κ1) is 29.0. The second kappa shape index (κ2) is 12.6. The van der Waals surface area contributed by atoms with Crippen molar-refractivity contribution in [1.82, 2.24) is 20.0 Å². The van der Waals surface area contributed by atoms with Crippen molar-refractivity contribution in [1.29, 1.82) is 0 Å². The van der Waals surface area contributed by atoms with Gasteiger partial charge < -0.3 is 25.6 Å². The van der Waals surface area contributed by atoms with Gasteiger partial charge in [-0.15, -0.1) is 10.2 Å². The lowest BCUT2D eigenvalue weighted by Crippen LogP contribution is -2.45. The summed E-state index contributed by atoms with van der Waals surface area (Å²) in [6, 6.07) is 11.2. The molecule has 1 aromatic heterocycles. The van der Waals surface area contributed by atoms with Crippen molar-refractivity contribution in [2.45, 2.75) is 44.8 Å². The molecule has 12 heteroatoms. The van der Waals surface area contributed by atoms with Crippen LogP contribution in [0.3, 0.4) is 0 Å². The molecule has 9 nitrogen and oxygen atoms in total. The topological polar surface area (TPSA) is 114 Å². The van der Waals surface area contributed by atoms with E-state index in [9.17, 15) is 14.0 Å². The number of rotatable bonds is 7. The number of hydrogen-bond donors (Lipinski definition) is 2. The highest BCUT2D eigenvalue weighted by molar-refractivity contribution is 6.36. The van der Waals surface area contributed by atoms with E-state index in [2.05, 4.69) is 20.4 Å². The highest BCUT2D eigenvalue weighted by Gasteiger charge is 2.29. The number of nitrogens with zero attached hydrogens (tertiary/aromatic N) is 4. The van der Waals surface area contributed by atoms with Gasteiger partial charge in [-0.2, -0.15) is 0 Å². The maximum Gasteiger partial charge on any atom is 0.276 e. The van der Waals surface area contributed by atoms with Gasteiger partial charge in [0.05, 0.1) is 5.02 Å². The zero-order valence-electron chi connectivity index (χ0n) is 22.6. The van der Waals surface area contributed by atoms with E-state index >= 15 is 0 Å². The second-order valence-electron chi connectivity index (χ2n) is 10.3. The number of aromatic nitrogens is 2. The van der Waals surface area contributed by atoms with Gasteiger partial charge in [-0.1, -0.05) is 23.2 Å². The maximum absolute atomic E-state index is 14.0. The van der Waals surface area contributed by atoms with Crippen LogP contribution in [0, 0.1) is 5.82 Å². The quantitative estimate of drug-likeness (QED) is 0.339. The smallest absolute Gasteiger partial charge is 0.276 e. The Bertz CT molecular complexity index is 1430. The first-order valence-electron chi connectivity index (χ1n) is 13.6. The molecule has 0 saturated carbocycles. The molecule has 216 valence electrons. The molecule has 0 bridgehead atoms. The summed E-state index contributed by atoms with van der Waals surface area (Å²) in [6.07, 6.45) is 3.72. The fourth-order valence-electron chi connectivity index (χ4n) is 5.37. The average Bonchev–Trinajstić information content (AvgIpc) is 3.52. The highest BCUT2D eigenvalue weighted by Crippen LogP contribution is 2.36. The Kier molecular flexibility index (Phi) is 8.91. The van der Waals surface area contributed by atoms with Crippen molar-refractivity contribution in [3.8, 4) is 5.75 Å². The number of ether oxygens (including phenoxy) is 1. The van der Waals surface area contributed by atoms with Crippen LogP contribution in [0.5, 0.6) is 5.75 Å². The standard InChI is InChI=1S/C29H31Cl2FN6O3/c1-17(25-21(30)8-9-22(32)26(25)31)41-24-16-23(35-36-27(24)33)28(39)34-19-6-4-18(5-7-19)29(40)38-14-10-20(11-15-38)37-12-2-3-13-37/h4-9,16-17,20H,2-3,10-15H2,1H3,(H2,33,36)(H,34,39). The van der Waals surface area contributed by atoms with Gasteiger partial charge in [0.2, 0.25) is 0 Å². The third-order valence-electron chi connectivity index (χ3n) is 7.61. The van der Waals surface area contributed by atoms with Gasteiger partial charge in [-0.3, -0.25) is 9.59 Å². The van der Waals surface area contributed by atoms with E-state index in [1.165, 1.54) is 38.1 Å². The number of benzene rings is 2. The van der Waals surface area contributed by atoms with Gasteiger partial charge in [-0.05, 0) is 82.1 Å². The predicted molar refractivity (Wildman–Crippen MR) is 156 cm³/mol. The second-order valence-corrected chi connectivity index (χ2v) is 11.1. The maximum atomic E-state index is 14.0. The average molecular weight is 602 g/mol. The van der Waals surface area contributed by atoms with E-state index in [1.807, 2.05) is 4.90 Å². The molecular formula is C29H31Cl2FN6O3. The Morgan fingerprint density at radius 2 is 1.73 bits per heavy atom. The first-order chi connectivity index (χ1) is 19.7. The van der Waals surface area contributed by atoms with Gasteiger partial charge >= 0.3 is 0 Å². The van der Waals surface area contributed by atoms with Crippen LogP contribution in [-0.2, 0) is 0 Å². The fourth-order valence-corrected chi connectivity index (χ4v) is 6.05. The third kappa shape index (κ3) is 6.55. The molecular weight excluding hydrogens is 570 g/mol. The number of carbonyl (C=O) groups is 2. The summed E-state index contributed by atoms with van der Waals surface area (Å²) < 4.78 is 19.8. The van der Waals surface area contributed by atoms with Crippen LogP contribution in [0.2, 0.25) is 10.0 Å². The van der Waals surface area contributed by atoms with Crippen molar-refractivity contribution in [3.05, 3.63) is 75.1 Å². The SMILES string of the molecule is CC(Oc1cc(C(=O)Nc2ccc(C(=O)N3CCC(N4CCCC4)CC3)cc2)nnc1N)c1c(Cl)ccc(F)c1Cl. The van der Waals surface area contributed by atoms with Crippen LogP contribution in [-0.4, -0.2) is 64.0 Å². The third-order valence-corrected chi connectivity index (χ3v) is 8.32. The van der Waals surface area contributed by atoms with Crippen molar-refractivity contribution < 1.29 is 18.7 Å². The monoisotopic (exact) mass is 600 g/mol. The summed E-state index contributed by atoms with van der Waals surface area (Å²) in [6.45, 7) is 5.44. The molecule has 0 aliphatic carbocycles. The number of nitrogens with two attached hydrogens (primary N) is 1. The van der Waals surface area contributed by atoms with Crippen LogP contribution < -0.4 is 15.8 Å². The molecule has 2 aromatic carbocycles. The Morgan fingerprint density at radius 3 is 2.41 bits per heavy atom. The van der Waals surface area contributed by atoms with E-state index in [0.717, 1.165) is 32.0 Å². The number of piperidine rings is 1. The van der Waals surface area contributed by atoms with E-state index < -0.39 is 17.8 Å². The number of hydrogen-bond acceptors (Lipinski definition) is 7. The van der Waals surface area contributed by atoms with E-state index in [0.29, 0.717) is 17.3 Å². The zero-order chi connectivity index (χ0) is 29.1. The molecule has 0 radical (unpaired) electrons. The lowest BCUT2D eigenvalue weighted by Gasteiger charge is -2.36. The minimum Gasteiger partial charge on any atom is -0.482 e. The van der Waals surface area contributed by atoms with E-state index in [1.54, 1.807) is 31.2 Å². The molecule has 2 aliphatic rings. The van der Waals surface area contributed by atoms with Crippen molar-refractivity contribution in [2.75, 3.05) is 37.2 Å².